The third-order valence-corrected chi connectivity index (χ3v) is 6.49. The van der Waals surface area contributed by atoms with Crippen LogP contribution in [-0.4, -0.2) is 59.3 Å². The minimum atomic E-state index is 0.417. The van der Waals surface area contributed by atoms with Crippen molar-refractivity contribution in [2.45, 2.75) is 19.7 Å². The number of para-hydroxylation sites is 2. The minimum absolute atomic E-state index is 0.417. The van der Waals surface area contributed by atoms with Gasteiger partial charge in [-0.15, -0.1) is 0 Å². The van der Waals surface area contributed by atoms with Crippen LogP contribution in [-0.2, 0) is 24.4 Å². The third kappa shape index (κ3) is 5.48. The highest BCUT2D eigenvalue weighted by Gasteiger charge is 2.21. The van der Waals surface area contributed by atoms with Crippen LogP contribution in [0.1, 0.15) is 17.0 Å². The molecule has 2 aromatic carbocycles. The van der Waals surface area contributed by atoms with Crippen LogP contribution in [0.4, 0.5) is 5.82 Å². The number of anilines is 1. The van der Waals surface area contributed by atoms with E-state index in [0.29, 0.717) is 24.7 Å². The molecule has 3 heterocycles. The molecular weight excluding hydrogens is 452 g/mol. The van der Waals surface area contributed by atoms with Crippen LogP contribution in [0.25, 0.3) is 11.0 Å². The molecule has 1 aliphatic rings. The average molecular weight is 483 g/mol. The molecule has 0 N–H and O–H groups in total. The zero-order valence-electron chi connectivity index (χ0n) is 20.5. The molecule has 0 atom stereocenters. The van der Waals surface area contributed by atoms with Crippen molar-refractivity contribution in [2.24, 2.45) is 0 Å². The molecule has 1 fully saturated rings. The monoisotopic (exact) mass is 482 g/mol. The average Bonchev–Trinajstić information content (AvgIpc) is 3.28. The van der Waals surface area contributed by atoms with E-state index in [4.69, 9.17) is 24.7 Å². The van der Waals surface area contributed by atoms with Gasteiger partial charge in [0.25, 0.3) is 0 Å². The fourth-order valence-corrected chi connectivity index (χ4v) is 4.51. The fraction of sp³-hybridized carbons (Fsp3) is 0.321. The van der Waals surface area contributed by atoms with Gasteiger partial charge in [-0.1, -0.05) is 30.3 Å². The number of imidazole rings is 1. The van der Waals surface area contributed by atoms with E-state index in [9.17, 15) is 0 Å². The van der Waals surface area contributed by atoms with E-state index in [1.165, 1.54) is 0 Å². The number of hydrogen-bond donors (Lipinski definition) is 0. The first-order valence-corrected chi connectivity index (χ1v) is 12.2. The summed E-state index contributed by atoms with van der Waals surface area (Å²) in [4.78, 5) is 14.4. The predicted octanol–water partition coefficient (Wildman–Crippen LogP) is 3.85. The van der Waals surface area contributed by atoms with Crippen LogP contribution in [0.2, 0.25) is 0 Å². The zero-order valence-corrected chi connectivity index (χ0v) is 20.5. The SMILES string of the molecule is COCCn1c(CN2CCN(c3cccc(OCc4ccc(C#N)cc4)n3)CC2)nc2ccccc21. The smallest absolute Gasteiger partial charge is 0.215 e. The maximum absolute atomic E-state index is 8.95. The van der Waals surface area contributed by atoms with Crippen LogP contribution in [0.5, 0.6) is 5.88 Å². The molecule has 4 aromatic rings. The molecule has 8 heteroatoms. The van der Waals surface area contributed by atoms with Crippen molar-refractivity contribution in [3.63, 3.8) is 0 Å². The van der Waals surface area contributed by atoms with Gasteiger partial charge in [-0.05, 0) is 35.9 Å². The number of benzene rings is 2. The summed E-state index contributed by atoms with van der Waals surface area (Å²) >= 11 is 0. The molecule has 0 radical (unpaired) electrons. The van der Waals surface area contributed by atoms with E-state index in [1.807, 2.05) is 36.4 Å². The van der Waals surface area contributed by atoms with E-state index in [1.54, 1.807) is 19.2 Å². The summed E-state index contributed by atoms with van der Waals surface area (Å²) in [5.41, 5.74) is 3.84. The van der Waals surface area contributed by atoms with Crippen LogP contribution in [0.3, 0.4) is 0 Å². The normalized spacial score (nSPS) is 14.2. The van der Waals surface area contributed by atoms with Crippen LogP contribution in [0, 0.1) is 11.3 Å². The van der Waals surface area contributed by atoms with E-state index in [2.05, 4.69) is 38.6 Å². The van der Waals surface area contributed by atoms with Gasteiger partial charge < -0.3 is 18.9 Å². The third-order valence-electron chi connectivity index (χ3n) is 6.49. The van der Waals surface area contributed by atoms with Gasteiger partial charge in [0.2, 0.25) is 5.88 Å². The van der Waals surface area contributed by atoms with Gasteiger partial charge in [-0.25, -0.2) is 4.98 Å². The number of hydrogen-bond acceptors (Lipinski definition) is 7. The van der Waals surface area contributed by atoms with Crippen molar-refractivity contribution in [1.82, 2.24) is 19.4 Å². The second-order valence-corrected chi connectivity index (χ2v) is 8.86. The van der Waals surface area contributed by atoms with Gasteiger partial charge >= 0.3 is 0 Å². The molecule has 0 amide bonds. The first-order chi connectivity index (χ1) is 17.7. The van der Waals surface area contributed by atoms with E-state index in [-0.39, 0.29) is 0 Å². The lowest BCUT2D eigenvalue weighted by molar-refractivity contribution is 0.184. The van der Waals surface area contributed by atoms with Gasteiger partial charge in [-0.2, -0.15) is 10.2 Å². The number of aromatic nitrogens is 3. The Morgan fingerprint density at radius 3 is 2.50 bits per heavy atom. The minimum Gasteiger partial charge on any atom is -0.473 e. The molecule has 0 aliphatic carbocycles. The lowest BCUT2D eigenvalue weighted by Gasteiger charge is -2.35. The highest BCUT2D eigenvalue weighted by atomic mass is 16.5. The number of nitrogens with zero attached hydrogens (tertiary/aromatic N) is 6. The van der Waals surface area contributed by atoms with Crippen LogP contribution < -0.4 is 9.64 Å². The summed E-state index contributed by atoms with van der Waals surface area (Å²) in [6.45, 7) is 6.35. The molecule has 1 saturated heterocycles. The first-order valence-electron chi connectivity index (χ1n) is 12.2. The maximum Gasteiger partial charge on any atom is 0.215 e. The molecule has 0 bridgehead atoms. The van der Waals surface area contributed by atoms with Gasteiger partial charge in [0, 0.05) is 45.9 Å². The van der Waals surface area contributed by atoms with Crippen LogP contribution in [0.15, 0.2) is 66.7 Å². The molecule has 0 spiro atoms. The number of pyridine rings is 1. The van der Waals surface area contributed by atoms with Gasteiger partial charge in [-0.3, -0.25) is 4.90 Å². The van der Waals surface area contributed by atoms with E-state index in [0.717, 1.165) is 67.5 Å². The Labute approximate surface area is 211 Å². The summed E-state index contributed by atoms with van der Waals surface area (Å²) in [5.74, 6) is 2.61. The molecule has 36 heavy (non-hydrogen) atoms. The van der Waals surface area contributed by atoms with Crippen molar-refractivity contribution in [3.05, 3.63) is 83.7 Å². The summed E-state index contributed by atoms with van der Waals surface area (Å²) in [7, 11) is 1.74. The zero-order chi connectivity index (χ0) is 24.7. The van der Waals surface area contributed by atoms with Crippen molar-refractivity contribution in [1.29, 1.82) is 5.26 Å². The lowest BCUT2D eigenvalue weighted by Crippen LogP contribution is -2.46. The number of fused-ring (bicyclic) bond motifs is 1. The largest absolute Gasteiger partial charge is 0.473 e. The number of rotatable bonds is 9. The lowest BCUT2D eigenvalue weighted by atomic mass is 10.2. The standard InChI is InChI=1S/C28H30N6O2/c1-35-18-17-34-25-6-3-2-5-24(25)30-27(34)20-32-13-15-33(16-14-32)26-7-4-8-28(31-26)36-21-23-11-9-22(19-29)10-12-23/h2-12H,13-18,20-21H2,1H3. The van der Waals surface area contributed by atoms with E-state index >= 15 is 0 Å². The Bertz CT molecular complexity index is 1340. The Hall–Kier alpha value is -3.93. The quantitative estimate of drug-likeness (QED) is 0.359. The Kier molecular flexibility index (Phi) is 7.41. The molecular formula is C28H30N6O2. The Balaban J connectivity index is 1.19. The van der Waals surface area contributed by atoms with Gasteiger partial charge in [0.05, 0.1) is 35.8 Å². The summed E-state index contributed by atoms with van der Waals surface area (Å²) in [5, 5.41) is 8.95. The summed E-state index contributed by atoms with van der Waals surface area (Å²) in [6.07, 6.45) is 0. The first kappa shape index (κ1) is 23.8. The number of ether oxygens (including phenoxy) is 2. The molecule has 8 nitrogen and oxygen atoms in total. The molecule has 0 saturated carbocycles. The predicted molar refractivity (Wildman–Crippen MR) is 139 cm³/mol. The molecule has 184 valence electrons. The van der Waals surface area contributed by atoms with Crippen LogP contribution >= 0.6 is 0 Å². The highest BCUT2D eigenvalue weighted by Crippen LogP contribution is 2.21. The van der Waals surface area contributed by atoms with Crippen molar-refractivity contribution in [3.8, 4) is 11.9 Å². The number of piperazine rings is 1. The second kappa shape index (κ2) is 11.2. The second-order valence-electron chi connectivity index (χ2n) is 8.86. The molecule has 5 rings (SSSR count). The molecule has 0 unspecified atom stereocenters. The van der Waals surface area contributed by atoms with Gasteiger partial charge in [0.1, 0.15) is 18.2 Å². The van der Waals surface area contributed by atoms with E-state index < -0.39 is 0 Å². The maximum atomic E-state index is 8.95. The van der Waals surface area contributed by atoms with Gasteiger partial charge in [0.15, 0.2) is 0 Å². The van der Waals surface area contributed by atoms with Crippen molar-refractivity contribution >= 4 is 16.9 Å². The number of methoxy groups -OCH3 is 1. The topological polar surface area (TPSA) is 79.4 Å². The Morgan fingerprint density at radius 1 is 0.917 bits per heavy atom. The van der Waals surface area contributed by atoms with Crippen molar-refractivity contribution in [2.75, 3.05) is 44.8 Å². The summed E-state index contributed by atoms with van der Waals surface area (Å²) in [6, 6.07) is 23.7. The Morgan fingerprint density at radius 2 is 1.72 bits per heavy atom. The summed E-state index contributed by atoms with van der Waals surface area (Å²) < 4.78 is 13.5. The van der Waals surface area contributed by atoms with Crippen molar-refractivity contribution < 1.29 is 9.47 Å². The molecule has 2 aromatic heterocycles. The highest BCUT2D eigenvalue weighted by molar-refractivity contribution is 5.75. The molecule has 1 aliphatic heterocycles. The number of nitriles is 1. The fourth-order valence-electron chi connectivity index (χ4n) is 4.51.